The molecule has 27 heavy (non-hydrogen) atoms. The van der Waals surface area contributed by atoms with Crippen molar-refractivity contribution in [3.8, 4) is 11.5 Å². The lowest BCUT2D eigenvalue weighted by Gasteiger charge is -2.17. The number of aromatic hydroxyl groups is 2. The third-order valence-electron chi connectivity index (χ3n) is 5.21. The van der Waals surface area contributed by atoms with E-state index in [4.69, 9.17) is 4.74 Å². The summed E-state index contributed by atoms with van der Waals surface area (Å²) in [6, 6.07) is 12.4. The molecule has 0 amide bonds. The van der Waals surface area contributed by atoms with E-state index in [9.17, 15) is 15.0 Å². The zero-order valence-corrected chi connectivity index (χ0v) is 16.0. The van der Waals surface area contributed by atoms with Crippen molar-refractivity contribution in [3.63, 3.8) is 0 Å². The van der Waals surface area contributed by atoms with Crippen LogP contribution < -0.4 is 0 Å². The van der Waals surface area contributed by atoms with E-state index in [1.165, 1.54) is 5.57 Å². The molecule has 4 nitrogen and oxygen atoms in total. The summed E-state index contributed by atoms with van der Waals surface area (Å²) in [6.07, 6.45) is 3.12. The maximum absolute atomic E-state index is 12.5. The van der Waals surface area contributed by atoms with E-state index in [0.717, 1.165) is 16.7 Å². The number of benzene rings is 2. The van der Waals surface area contributed by atoms with Gasteiger partial charge < -0.3 is 14.9 Å². The highest BCUT2D eigenvalue weighted by molar-refractivity contribution is 5.81. The number of hydrogen-bond donors (Lipinski definition) is 2. The average molecular weight is 366 g/mol. The third-order valence-corrected chi connectivity index (χ3v) is 5.21. The van der Waals surface area contributed by atoms with Crippen molar-refractivity contribution in [1.82, 2.24) is 0 Å². The molecule has 4 heteroatoms. The predicted octanol–water partition coefficient (Wildman–Crippen LogP) is 4.49. The lowest BCUT2D eigenvalue weighted by atomic mass is 9.84. The number of carbonyl (C=O) groups excluding carboxylic acids is 1. The van der Waals surface area contributed by atoms with Crippen molar-refractivity contribution in [1.29, 1.82) is 0 Å². The lowest BCUT2D eigenvalue weighted by molar-refractivity contribution is -0.142. The van der Waals surface area contributed by atoms with Crippen molar-refractivity contribution >= 4 is 5.97 Å². The minimum atomic E-state index is -0.379. The van der Waals surface area contributed by atoms with Crippen LogP contribution in [0, 0.1) is 5.92 Å². The molecule has 3 rings (SSSR count). The fraction of sp³-hybridized carbons (Fsp3) is 0.348. The highest BCUT2D eigenvalue weighted by Crippen LogP contribution is 2.39. The first kappa shape index (κ1) is 19.0. The highest BCUT2D eigenvalue weighted by Gasteiger charge is 2.42. The van der Waals surface area contributed by atoms with Gasteiger partial charge in [0.2, 0.25) is 0 Å². The number of allylic oxidation sites excluding steroid dienone is 2. The Morgan fingerprint density at radius 1 is 1.11 bits per heavy atom. The maximum Gasteiger partial charge on any atom is 0.314 e. The molecule has 0 radical (unpaired) electrons. The van der Waals surface area contributed by atoms with Crippen LogP contribution >= 0.6 is 0 Å². The summed E-state index contributed by atoms with van der Waals surface area (Å²) in [4.78, 5) is 12.5. The standard InChI is InChI=1S/C23H26O4/c1-14(2)4-7-17-8-9-18(13-20(17)25)22-15(3)21(27-23(22)26)12-16-5-10-19(24)11-6-16/h4-6,8-11,13,15,21-22,24-25H,7,12H2,1-3H3. The van der Waals surface area contributed by atoms with Gasteiger partial charge in [-0.3, -0.25) is 4.79 Å². The minimum Gasteiger partial charge on any atom is -0.508 e. The second-order valence-corrected chi connectivity index (χ2v) is 7.56. The molecular weight excluding hydrogens is 340 g/mol. The smallest absolute Gasteiger partial charge is 0.314 e. The summed E-state index contributed by atoms with van der Waals surface area (Å²) in [5, 5.41) is 19.8. The van der Waals surface area contributed by atoms with Crippen LogP contribution in [0.4, 0.5) is 0 Å². The Morgan fingerprint density at radius 2 is 1.81 bits per heavy atom. The fourth-order valence-corrected chi connectivity index (χ4v) is 3.55. The molecule has 0 spiro atoms. The quantitative estimate of drug-likeness (QED) is 0.604. The molecule has 0 aliphatic carbocycles. The molecule has 3 atom stereocenters. The van der Waals surface area contributed by atoms with Crippen LogP contribution in [-0.4, -0.2) is 22.3 Å². The Hall–Kier alpha value is -2.75. The van der Waals surface area contributed by atoms with Gasteiger partial charge >= 0.3 is 5.97 Å². The Morgan fingerprint density at radius 3 is 2.44 bits per heavy atom. The molecule has 1 saturated heterocycles. The highest BCUT2D eigenvalue weighted by atomic mass is 16.6. The average Bonchev–Trinajstić information content (AvgIpc) is 2.89. The van der Waals surface area contributed by atoms with Crippen molar-refractivity contribution in [2.45, 2.75) is 45.6 Å². The van der Waals surface area contributed by atoms with Gasteiger partial charge in [0, 0.05) is 12.3 Å². The molecule has 0 aromatic heterocycles. The van der Waals surface area contributed by atoms with Gasteiger partial charge in [-0.25, -0.2) is 0 Å². The third kappa shape index (κ3) is 4.33. The van der Waals surface area contributed by atoms with E-state index in [1.54, 1.807) is 18.2 Å². The Balaban J connectivity index is 1.76. The summed E-state index contributed by atoms with van der Waals surface area (Å²) in [5.74, 6) is -0.198. The second-order valence-electron chi connectivity index (χ2n) is 7.56. The first-order valence-electron chi connectivity index (χ1n) is 9.28. The van der Waals surface area contributed by atoms with E-state index in [2.05, 4.69) is 6.08 Å². The zero-order chi connectivity index (χ0) is 19.6. The molecule has 142 valence electrons. The molecule has 2 aromatic carbocycles. The van der Waals surface area contributed by atoms with Gasteiger partial charge in [0.1, 0.15) is 17.6 Å². The van der Waals surface area contributed by atoms with Gasteiger partial charge in [0.05, 0.1) is 5.92 Å². The topological polar surface area (TPSA) is 66.8 Å². The molecule has 0 saturated carbocycles. The van der Waals surface area contributed by atoms with Gasteiger partial charge in [-0.05, 0) is 55.2 Å². The molecule has 1 aliphatic rings. The molecule has 0 bridgehead atoms. The summed E-state index contributed by atoms with van der Waals surface area (Å²) in [5.41, 5.74) is 3.85. The van der Waals surface area contributed by atoms with Crippen LogP contribution in [0.15, 0.2) is 54.1 Å². The number of phenolic OH excluding ortho intramolecular Hbond substituents is 2. The van der Waals surface area contributed by atoms with Crippen LogP contribution in [0.25, 0.3) is 0 Å². The number of carbonyl (C=O) groups is 1. The van der Waals surface area contributed by atoms with Crippen LogP contribution in [0.5, 0.6) is 11.5 Å². The van der Waals surface area contributed by atoms with E-state index in [1.807, 2.05) is 45.0 Å². The van der Waals surface area contributed by atoms with Crippen molar-refractivity contribution < 1.29 is 19.7 Å². The Bertz CT molecular complexity index is 847. The summed E-state index contributed by atoms with van der Waals surface area (Å²) < 4.78 is 5.63. The Labute approximate surface area is 160 Å². The largest absolute Gasteiger partial charge is 0.508 e. The Kier molecular flexibility index (Phi) is 5.54. The van der Waals surface area contributed by atoms with Gasteiger partial charge in [-0.2, -0.15) is 0 Å². The fourth-order valence-electron chi connectivity index (χ4n) is 3.55. The number of cyclic esters (lactones) is 1. The molecule has 3 unspecified atom stereocenters. The SMILES string of the molecule is CC(C)=CCc1ccc(C2C(=O)OC(Cc3ccc(O)cc3)C2C)cc1O. The number of rotatable bonds is 5. The lowest BCUT2D eigenvalue weighted by Crippen LogP contribution is -2.19. The van der Waals surface area contributed by atoms with Gasteiger partial charge in [-0.15, -0.1) is 0 Å². The normalized spacial score (nSPS) is 21.7. The number of hydrogen-bond acceptors (Lipinski definition) is 4. The molecule has 2 N–H and O–H groups in total. The number of phenols is 2. The van der Waals surface area contributed by atoms with E-state index >= 15 is 0 Å². The van der Waals surface area contributed by atoms with Crippen LogP contribution in [0.1, 0.15) is 43.4 Å². The summed E-state index contributed by atoms with van der Waals surface area (Å²) in [7, 11) is 0. The predicted molar refractivity (Wildman–Crippen MR) is 105 cm³/mol. The maximum atomic E-state index is 12.5. The minimum absolute atomic E-state index is 0.00525. The number of esters is 1. The summed E-state index contributed by atoms with van der Waals surface area (Å²) in [6.45, 7) is 6.06. The van der Waals surface area contributed by atoms with Crippen LogP contribution in [-0.2, 0) is 22.4 Å². The van der Waals surface area contributed by atoms with Gasteiger partial charge in [0.15, 0.2) is 0 Å². The first-order valence-corrected chi connectivity index (χ1v) is 9.28. The molecule has 1 heterocycles. The number of ether oxygens (including phenoxy) is 1. The van der Waals surface area contributed by atoms with Crippen molar-refractivity contribution in [2.75, 3.05) is 0 Å². The molecular formula is C23H26O4. The van der Waals surface area contributed by atoms with Crippen molar-refractivity contribution in [2.24, 2.45) is 5.92 Å². The van der Waals surface area contributed by atoms with Gasteiger partial charge in [-0.1, -0.05) is 42.8 Å². The summed E-state index contributed by atoms with van der Waals surface area (Å²) >= 11 is 0. The molecule has 1 fully saturated rings. The van der Waals surface area contributed by atoms with Crippen LogP contribution in [0.2, 0.25) is 0 Å². The van der Waals surface area contributed by atoms with E-state index in [-0.39, 0.29) is 35.4 Å². The first-order chi connectivity index (χ1) is 12.8. The van der Waals surface area contributed by atoms with Crippen molar-refractivity contribution in [3.05, 3.63) is 70.8 Å². The second kappa shape index (κ2) is 7.87. The van der Waals surface area contributed by atoms with Gasteiger partial charge in [0.25, 0.3) is 0 Å². The zero-order valence-electron chi connectivity index (χ0n) is 16.0. The molecule has 1 aliphatic heterocycles. The van der Waals surface area contributed by atoms with E-state index in [0.29, 0.717) is 12.8 Å². The van der Waals surface area contributed by atoms with Crippen LogP contribution in [0.3, 0.4) is 0 Å². The monoisotopic (exact) mass is 366 g/mol. The molecule has 2 aromatic rings. The van der Waals surface area contributed by atoms with E-state index < -0.39 is 0 Å².